The molecule has 4 aromatic rings. The van der Waals surface area contributed by atoms with E-state index in [9.17, 15) is 9.59 Å². The van der Waals surface area contributed by atoms with Gasteiger partial charge in [0.1, 0.15) is 11.0 Å². The normalized spacial score (nSPS) is 11.2. The van der Waals surface area contributed by atoms with Gasteiger partial charge in [-0.3, -0.25) is 14.2 Å². The molecule has 0 spiro atoms. The Labute approximate surface area is 215 Å². The molecule has 0 saturated heterocycles. The number of ether oxygens (including phenoxy) is 1. The summed E-state index contributed by atoms with van der Waals surface area (Å²) in [5.74, 6) is -0.0129. The van der Waals surface area contributed by atoms with Crippen LogP contribution in [0.3, 0.4) is 0 Å². The highest BCUT2D eigenvalue weighted by Gasteiger charge is 2.19. The third-order valence-corrected chi connectivity index (χ3v) is 7.01. The van der Waals surface area contributed by atoms with Crippen molar-refractivity contribution in [2.45, 2.75) is 37.9 Å². The van der Waals surface area contributed by atoms with Crippen molar-refractivity contribution in [3.8, 4) is 11.1 Å². The highest BCUT2D eigenvalue weighted by atomic mass is 32.2. The predicted molar refractivity (Wildman–Crippen MR) is 147 cm³/mol. The van der Waals surface area contributed by atoms with Crippen molar-refractivity contribution in [3.63, 3.8) is 0 Å². The molecule has 0 radical (unpaired) electrons. The Balaban J connectivity index is 1.58. The molecule has 4 rings (SSSR count). The molecule has 2 heterocycles. The lowest BCUT2D eigenvalue weighted by molar-refractivity contribution is -0.113. The lowest BCUT2D eigenvalue weighted by atomic mass is 10.1. The minimum absolute atomic E-state index is 0.135. The maximum Gasteiger partial charge on any atom is 0.278 e. The molecular formula is C28H32N4O3S. The van der Waals surface area contributed by atoms with E-state index < -0.39 is 0 Å². The highest BCUT2D eigenvalue weighted by molar-refractivity contribution is 7.99. The summed E-state index contributed by atoms with van der Waals surface area (Å²) in [5.41, 5.74) is 4.91. The van der Waals surface area contributed by atoms with Crippen molar-refractivity contribution in [2.24, 2.45) is 7.05 Å². The SMILES string of the molecule is CCCCc1ccc(NC(=O)CSc2nc3c(-c4ccccc4)cn(C)c3c(=O)n2CCOC)cc1. The molecule has 0 aliphatic carbocycles. The van der Waals surface area contributed by atoms with Crippen LogP contribution in [0.15, 0.2) is 70.7 Å². The van der Waals surface area contributed by atoms with Crippen molar-refractivity contribution < 1.29 is 9.53 Å². The van der Waals surface area contributed by atoms with Crippen LogP contribution in [-0.2, 0) is 29.5 Å². The van der Waals surface area contributed by atoms with Crippen LogP contribution in [0.1, 0.15) is 25.3 Å². The van der Waals surface area contributed by atoms with E-state index in [0.717, 1.165) is 36.1 Å². The number of fused-ring (bicyclic) bond motifs is 1. The fourth-order valence-corrected chi connectivity index (χ4v) is 4.95. The second kappa shape index (κ2) is 12.1. The highest BCUT2D eigenvalue weighted by Crippen LogP contribution is 2.29. The third-order valence-electron chi connectivity index (χ3n) is 6.03. The van der Waals surface area contributed by atoms with Gasteiger partial charge in [-0.05, 0) is 36.1 Å². The van der Waals surface area contributed by atoms with Crippen LogP contribution in [0.2, 0.25) is 0 Å². The number of aromatic nitrogens is 3. The van der Waals surface area contributed by atoms with Gasteiger partial charge in [0.05, 0.1) is 18.9 Å². The summed E-state index contributed by atoms with van der Waals surface area (Å²) in [4.78, 5) is 31.1. The smallest absolute Gasteiger partial charge is 0.278 e. The summed E-state index contributed by atoms with van der Waals surface area (Å²) in [6.07, 6.45) is 5.28. The van der Waals surface area contributed by atoms with E-state index >= 15 is 0 Å². The van der Waals surface area contributed by atoms with Crippen molar-refractivity contribution in [1.82, 2.24) is 14.1 Å². The first kappa shape index (κ1) is 25.7. The van der Waals surface area contributed by atoms with Crippen LogP contribution in [0, 0.1) is 0 Å². The molecule has 7 nitrogen and oxygen atoms in total. The predicted octanol–water partition coefficient (Wildman–Crippen LogP) is 5.12. The number of benzene rings is 2. The average Bonchev–Trinajstić information content (AvgIpc) is 3.23. The quantitative estimate of drug-likeness (QED) is 0.227. The molecule has 0 atom stereocenters. The molecule has 1 amide bonds. The molecular weight excluding hydrogens is 472 g/mol. The Hall–Kier alpha value is -3.36. The summed E-state index contributed by atoms with van der Waals surface area (Å²) in [6.45, 7) is 2.90. The molecule has 8 heteroatoms. The summed E-state index contributed by atoms with van der Waals surface area (Å²) in [5, 5.41) is 3.45. The summed E-state index contributed by atoms with van der Waals surface area (Å²) in [6, 6.07) is 17.9. The van der Waals surface area contributed by atoms with E-state index in [0.29, 0.717) is 29.3 Å². The maximum absolute atomic E-state index is 13.5. The number of nitrogens with one attached hydrogen (secondary N) is 1. The van der Waals surface area contributed by atoms with Gasteiger partial charge in [-0.15, -0.1) is 0 Å². The van der Waals surface area contributed by atoms with Gasteiger partial charge >= 0.3 is 0 Å². The number of carbonyl (C=O) groups is 1. The Kier molecular flexibility index (Phi) is 8.61. The molecule has 188 valence electrons. The van der Waals surface area contributed by atoms with Gasteiger partial charge in [0.15, 0.2) is 5.16 Å². The van der Waals surface area contributed by atoms with E-state index in [2.05, 4.69) is 24.4 Å². The number of methoxy groups -OCH3 is 1. The number of nitrogens with zero attached hydrogens (tertiary/aromatic N) is 3. The van der Waals surface area contributed by atoms with E-state index in [1.807, 2.05) is 60.3 Å². The summed E-state index contributed by atoms with van der Waals surface area (Å²) < 4.78 is 8.65. The van der Waals surface area contributed by atoms with Crippen molar-refractivity contribution in [3.05, 3.63) is 76.7 Å². The van der Waals surface area contributed by atoms with Crippen LogP contribution in [0.25, 0.3) is 22.2 Å². The van der Waals surface area contributed by atoms with Crippen LogP contribution in [-0.4, -0.2) is 39.5 Å². The van der Waals surface area contributed by atoms with E-state index in [1.165, 1.54) is 17.3 Å². The second-order valence-electron chi connectivity index (χ2n) is 8.70. The second-order valence-corrected chi connectivity index (χ2v) is 9.64. The van der Waals surface area contributed by atoms with Crippen LogP contribution < -0.4 is 10.9 Å². The van der Waals surface area contributed by atoms with Crippen molar-refractivity contribution in [2.75, 3.05) is 24.8 Å². The molecule has 36 heavy (non-hydrogen) atoms. The van der Waals surface area contributed by atoms with E-state index in [-0.39, 0.29) is 17.2 Å². The number of anilines is 1. The van der Waals surface area contributed by atoms with Crippen LogP contribution in [0.5, 0.6) is 0 Å². The van der Waals surface area contributed by atoms with Gasteiger partial charge in [-0.1, -0.05) is 67.6 Å². The Morgan fingerprint density at radius 2 is 1.86 bits per heavy atom. The van der Waals surface area contributed by atoms with Gasteiger partial charge < -0.3 is 14.6 Å². The zero-order valence-electron chi connectivity index (χ0n) is 21.0. The number of hydrogen-bond donors (Lipinski definition) is 1. The largest absolute Gasteiger partial charge is 0.383 e. The van der Waals surface area contributed by atoms with Gasteiger partial charge in [-0.2, -0.15) is 0 Å². The van der Waals surface area contributed by atoms with E-state index in [1.54, 1.807) is 11.7 Å². The zero-order chi connectivity index (χ0) is 25.5. The molecule has 0 aliphatic heterocycles. The first-order valence-corrected chi connectivity index (χ1v) is 13.2. The molecule has 2 aromatic carbocycles. The van der Waals surface area contributed by atoms with Crippen LogP contribution in [0.4, 0.5) is 5.69 Å². The lowest BCUT2D eigenvalue weighted by Gasteiger charge is -2.13. The van der Waals surface area contributed by atoms with Crippen LogP contribution >= 0.6 is 11.8 Å². The first-order valence-electron chi connectivity index (χ1n) is 12.2. The van der Waals surface area contributed by atoms with Gasteiger partial charge in [0, 0.05) is 31.6 Å². The third kappa shape index (κ3) is 5.88. The maximum atomic E-state index is 13.5. The zero-order valence-corrected chi connectivity index (χ0v) is 21.8. The summed E-state index contributed by atoms with van der Waals surface area (Å²) >= 11 is 1.26. The Morgan fingerprint density at radius 3 is 2.56 bits per heavy atom. The number of thioether (sulfide) groups is 1. The Bertz CT molecular complexity index is 1380. The molecule has 0 unspecified atom stereocenters. The van der Waals surface area contributed by atoms with Crippen molar-refractivity contribution in [1.29, 1.82) is 0 Å². The van der Waals surface area contributed by atoms with Crippen molar-refractivity contribution >= 4 is 34.4 Å². The minimum Gasteiger partial charge on any atom is -0.383 e. The lowest BCUT2D eigenvalue weighted by Crippen LogP contribution is -2.27. The molecule has 1 N–H and O–H groups in total. The van der Waals surface area contributed by atoms with Gasteiger partial charge in [-0.25, -0.2) is 4.98 Å². The van der Waals surface area contributed by atoms with Gasteiger partial charge in [0.25, 0.3) is 5.56 Å². The monoisotopic (exact) mass is 504 g/mol. The number of hydrogen-bond acceptors (Lipinski definition) is 5. The first-order chi connectivity index (χ1) is 17.5. The molecule has 2 aromatic heterocycles. The topological polar surface area (TPSA) is 78.2 Å². The van der Waals surface area contributed by atoms with Gasteiger partial charge in [0.2, 0.25) is 5.91 Å². The minimum atomic E-state index is -0.148. The number of carbonyl (C=O) groups excluding carboxylic acids is 1. The standard InChI is InChI=1S/C28H32N4O3S/c1-4-5-9-20-12-14-22(15-13-20)29-24(33)19-36-28-30-25-23(21-10-7-6-8-11-21)18-31(2)26(25)27(34)32(28)16-17-35-3/h6-8,10-15,18H,4-5,9,16-17,19H2,1-3H3,(H,29,33). The molecule has 0 fully saturated rings. The molecule has 0 aliphatic rings. The number of amides is 1. The fraction of sp³-hybridized carbons (Fsp3) is 0.321. The Morgan fingerprint density at radius 1 is 1.11 bits per heavy atom. The average molecular weight is 505 g/mol. The van der Waals surface area contributed by atoms with E-state index in [4.69, 9.17) is 9.72 Å². The molecule has 0 bridgehead atoms. The molecule has 0 saturated carbocycles. The fourth-order valence-electron chi connectivity index (χ4n) is 4.13. The number of unbranched alkanes of at least 4 members (excludes halogenated alkanes) is 1. The summed E-state index contributed by atoms with van der Waals surface area (Å²) in [7, 11) is 3.45. The number of rotatable bonds is 11. The number of aryl methyl sites for hydroxylation is 2.